The molecule has 0 spiro atoms. The Hall–Kier alpha value is -1.40. The van der Waals surface area contributed by atoms with Crippen molar-refractivity contribution in [3.8, 4) is 6.07 Å². The van der Waals surface area contributed by atoms with Gasteiger partial charge in [-0.3, -0.25) is 0 Å². The smallest absolute Gasteiger partial charge is 0.120 e. The molecular formula is C8H9FN2. The van der Waals surface area contributed by atoms with Gasteiger partial charge in [0.2, 0.25) is 0 Å². The van der Waals surface area contributed by atoms with Crippen molar-refractivity contribution in [1.82, 2.24) is 0 Å². The Bertz CT molecular complexity index is 245. The van der Waals surface area contributed by atoms with Crippen LogP contribution in [0.1, 0.15) is 0 Å². The minimum Gasteiger partial charge on any atom is -0.326 e. The van der Waals surface area contributed by atoms with Crippen molar-refractivity contribution in [3.05, 3.63) is 36.2 Å². The molecule has 0 radical (unpaired) electrons. The first-order valence-electron chi connectivity index (χ1n) is 2.96. The normalized spacial score (nSPS) is 10.5. The summed E-state index contributed by atoms with van der Waals surface area (Å²) in [6.07, 6.45) is 1.28. The van der Waals surface area contributed by atoms with Crippen LogP contribution in [0.2, 0.25) is 0 Å². The Balaban J connectivity index is 4.52. The first-order valence-corrected chi connectivity index (χ1v) is 2.96. The van der Waals surface area contributed by atoms with E-state index in [1.807, 2.05) is 0 Å². The lowest BCUT2D eigenvalue weighted by Gasteiger charge is -1.97. The highest BCUT2D eigenvalue weighted by Gasteiger charge is 1.98. The highest BCUT2D eigenvalue weighted by molar-refractivity contribution is 5.38. The van der Waals surface area contributed by atoms with Crippen LogP contribution in [0.4, 0.5) is 4.39 Å². The lowest BCUT2D eigenvalue weighted by atomic mass is 10.2. The van der Waals surface area contributed by atoms with E-state index in [1.54, 1.807) is 6.07 Å². The molecule has 0 rings (SSSR count). The minimum atomic E-state index is -0.621. The molecule has 0 fully saturated rings. The lowest BCUT2D eigenvalue weighted by Crippen LogP contribution is -2.03. The third kappa shape index (κ3) is 3.33. The third-order valence-electron chi connectivity index (χ3n) is 1.06. The molecule has 0 bridgehead atoms. The summed E-state index contributed by atoms with van der Waals surface area (Å²) in [7, 11) is 0. The van der Waals surface area contributed by atoms with Crippen LogP contribution in [0.15, 0.2) is 36.2 Å². The summed E-state index contributed by atoms with van der Waals surface area (Å²) >= 11 is 0. The number of nitrogens with zero attached hydrogens (tertiary/aromatic N) is 1. The summed E-state index contributed by atoms with van der Waals surface area (Å²) in [6.45, 7) is 6.41. The lowest BCUT2D eigenvalue weighted by molar-refractivity contribution is 0.651. The summed E-state index contributed by atoms with van der Waals surface area (Å²) in [6, 6.07) is 1.75. The second-order valence-electron chi connectivity index (χ2n) is 1.92. The molecule has 0 heterocycles. The van der Waals surface area contributed by atoms with Gasteiger partial charge in [-0.15, -0.1) is 0 Å². The molecule has 0 aromatic heterocycles. The maximum atomic E-state index is 12.4. The molecule has 0 saturated carbocycles. The van der Waals surface area contributed by atoms with E-state index in [-0.39, 0.29) is 17.7 Å². The van der Waals surface area contributed by atoms with Crippen LogP contribution in [0.5, 0.6) is 0 Å². The summed E-state index contributed by atoms with van der Waals surface area (Å²) < 4.78 is 12.4. The minimum absolute atomic E-state index is 0.0238. The Morgan fingerprint density at radius 2 is 2.18 bits per heavy atom. The second-order valence-corrected chi connectivity index (χ2v) is 1.92. The zero-order valence-corrected chi connectivity index (χ0v) is 6.10. The van der Waals surface area contributed by atoms with Gasteiger partial charge in [0.1, 0.15) is 5.83 Å². The van der Waals surface area contributed by atoms with Crippen molar-refractivity contribution in [2.45, 2.75) is 0 Å². The molecule has 0 aromatic carbocycles. The number of nitriles is 1. The highest BCUT2D eigenvalue weighted by atomic mass is 19.1. The van der Waals surface area contributed by atoms with Crippen LogP contribution in [0.25, 0.3) is 0 Å². The van der Waals surface area contributed by atoms with Crippen LogP contribution < -0.4 is 5.73 Å². The van der Waals surface area contributed by atoms with Crippen molar-refractivity contribution in [3.63, 3.8) is 0 Å². The Kier molecular flexibility index (Phi) is 3.86. The second kappa shape index (κ2) is 4.42. The number of allylic oxidation sites excluding steroid dienone is 2. The van der Waals surface area contributed by atoms with Crippen LogP contribution in [-0.2, 0) is 0 Å². The van der Waals surface area contributed by atoms with Gasteiger partial charge in [0.25, 0.3) is 0 Å². The van der Waals surface area contributed by atoms with Crippen molar-refractivity contribution < 1.29 is 4.39 Å². The number of nitrogens with two attached hydrogens (primary N) is 1. The van der Waals surface area contributed by atoms with E-state index in [0.717, 1.165) is 0 Å². The molecule has 0 atom stereocenters. The monoisotopic (exact) mass is 152 g/mol. The van der Waals surface area contributed by atoms with Gasteiger partial charge in [0.15, 0.2) is 0 Å². The summed E-state index contributed by atoms with van der Waals surface area (Å²) in [5.41, 5.74) is 5.53. The van der Waals surface area contributed by atoms with E-state index in [0.29, 0.717) is 0 Å². The highest BCUT2D eigenvalue weighted by Crippen LogP contribution is 2.09. The summed E-state index contributed by atoms with van der Waals surface area (Å²) in [5.74, 6) is -0.621. The number of hydrogen-bond donors (Lipinski definition) is 1. The molecule has 0 saturated heterocycles. The van der Waals surface area contributed by atoms with Gasteiger partial charge in [0.05, 0.1) is 6.07 Å². The van der Waals surface area contributed by atoms with Crippen molar-refractivity contribution >= 4 is 0 Å². The zero-order valence-electron chi connectivity index (χ0n) is 6.10. The molecule has 2 N–H and O–H groups in total. The molecule has 0 aliphatic heterocycles. The largest absolute Gasteiger partial charge is 0.326 e. The summed E-state index contributed by atoms with van der Waals surface area (Å²) in [5, 5.41) is 8.27. The molecule has 0 aliphatic carbocycles. The van der Waals surface area contributed by atoms with Crippen LogP contribution >= 0.6 is 0 Å². The Morgan fingerprint density at radius 3 is 2.45 bits per heavy atom. The van der Waals surface area contributed by atoms with E-state index in [9.17, 15) is 4.39 Å². The fourth-order valence-electron chi connectivity index (χ4n) is 0.491. The van der Waals surface area contributed by atoms with E-state index < -0.39 is 5.83 Å². The quantitative estimate of drug-likeness (QED) is 0.491. The van der Waals surface area contributed by atoms with Crippen LogP contribution in [0, 0.1) is 11.3 Å². The van der Waals surface area contributed by atoms with Gasteiger partial charge >= 0.3 is 0 Å². The van der Waals surface area contributed by atoms with Crippen molar-refractivity contribution in [1.29, 1.82) is 5.26 Å². The number of hydrogen-bond acceptors (Lipinski definition) is 2. The fraction of sp³-hybridized carbons (Fsp3) is 0.125. The van der Waals surface area contributed by atoms with Gasteiger partial charge in [-0.05, 0) is 6.08 Å². The van der Waals surface area contributed by atoms with E-state index >= 15 is 0 Å². The van der Waals surface area contributed by atoms with Gasteiger partial charge in [0, 0.05) is 17.7 Å². The van der Waals surface area contributed by atoms with Gasteiger partial charge in [-0.1, -0.05) is 13.2 Å². The standard InChI is InChI=1S/C8H9FN2/c1-6(4-10)3-8(5-11)7(2)9/h3H,1-2,5,11H2/b8-3-. The van der Waals surface area contributed by atoms with Gasteiger partial charge < -0.3 is 5.73 Å². The number of halogens is 1. The Morgan fingerprint density at radius 1 is 1.64 bits per heavy atom. The van der Waals surface area contributed by atoms with E-state index in [4.69, 9.17) is 11.0 Å². The molecule has 58 valence electrons. The van der Waals surface area contributed by atoms with Crippen LogP contribution in [0.3, 0.4) is 0 Å². The average molecular weight is 152 g/mol. The number of rotatable bonds is 3. The molecule has 0 aliphatic rings. The van der Waals surface area contributed by atoms with Gasteiger partial charge in [-0.2, -0.15) is 5.26 Å². The fourth-order valence-corrected chi connectivity index (χ4v) is 0.491. The first kappa shape index (κ1) is 9.60. The molecular weight excluding hydrogens is 143 g/mol. The molecule has 3 heteroatoms. The third-order valence-corrected chi connectivity index (χ3v) is 1.06. The molecule has 0 aromatic rings. The van der Waals surface area contributed by atoms with Gasteiger partial charge in [-0.25, -0.2) is 4.39 Å². The maximum Gasteiger partial charge on any atom is 0.120 e. The molecule has 2 nitrogen and oxygen atoms in total. The summed E-state index contributed by atoms with van der Waals surface area (Å²) in [4.78, 5) is 0. The maximum absolute atomic E-state index is 12.4. The van der Waals surface area contributed by atoms with E-state index in [2.05, 4.69) is 13.2 Å². The van der Waals surface area contributed by atoms with Crippen LogP contribution in [-0.4, -0.2) is 6.54 Å². The zero-order chi connectivity index (χ0) is 8.85. The van der Waals surface area contributed by atoms with Crippen molar-refractivity contribution in [2.24, 2.45) is 5.73 Å². The van der Waals surface area contributed by atoms with E-state index in [1.165, 1.54) is 6.08 Å². The predicted octanol–water partition coefficient (Wildman–Crippen LogP) is 1.43. The average Bonchev–Trinajstić information content (AvgIpc) is 1.99. The molecule has 0 unspecified atom stereocenters. The molecule has 0 amide bonds. The predicted molar refractivity (Wildman–Crippen MR) is 42.1 cm³/mol. The SMILES string of the molecule is C=C(C#N)/C=C(/CN)C(=C)F. The molecule has 11 heavy (non-hydrogen) atoms. The first-order chi connectivity index (χ1) is 5.11. The Labute approximate surface area is 65.1 Å². The van der Waals surface area contributed by atoms with Crippen molar-refractivity contribution in [2.75, 3.05) is 6.54 Å². The topological polar surface area (TPSA) is 49.8 Å².